The van der Waals surface area contributed by atoms with Crippen molar-refractivity contribution >= 4 is 16.8 Å². The molecule has 1 aliphatic rings. The van der Waals surface area contributed by atoms with Gasteiger partial charge in [-0.2, -0.15) is 0 Å². The second-order valence-electron chi connectivity index (χ2n) is 6.73. The Kier molecular flexibility index (Phi) is 4.71. The van der Waals surface area contributed by atoms with Crippen LogP contribution < -0.4 is 10.5 Å². The first-order valence-corrected chi connectivity index (χ1v) is 9.17. The lowest BCUT2D eigenvalue weighted by Gasteiger charge is -2.35. The molecule has 0 bridgehead atoms. The fourth-order valence-corrected chi connectivity index (χ4v) is 3.54. The summed E-state index contributed by atoms with van der Waals surface area (Å²) in [5, 5.41) is 1.04. The van der Waals surface area contributed by atoms with Crippen molar-refractivity contribution in [2.75, 3.05) is 31.1 Å². The van der Waals surface area contributed by atoms with Crippen LogP contribution in [-0.2, 0) is 13.0 Å². The highest BCUT2D eigenvalue weighted by atomic mass is 16.4. The highest BCUT2D eigenvalue weighted by molar-refractivity contribution is 5.80. The summed E-state index contributed by atoms with van der Waals surface area (Å²) in [4.78, 5) is 21.1. The number of piperazine rings is 1. The van der Waals surface area contributed by atoms with Crippen molar-refractivity contribution in [2.24, 2.45) is 0 Å². The standard InChI is InChI=1S/C21H23N3O2/c1-2-16-6-7-18-17(14-21(25)26-19(18)13-16)15-23-9-11-24(12-10-23)20-5-3-4-8-22-20/h3-8,13-14H,2,9-12,15H2,1H3. The molecule has 0 aliphatic carbocycles. The molecular formula is C21H23N3O2. The molecule has 134 valence electrons. The van der Waals surface area contributed by atoms with Crippen molar-refractivity contribution in [1.82, 2.24) is 9.88 Å². The number of hydrogen-bond acceptors (Lipinski definition) is 5. The molecule has 1 fully saturated rings. The van der Waals surface area contributed by atoms with Gasteiger partial charge in [0.15, 0.2) is 0 Å². The SMILES string of the molecule is CCc1ccc2c(CN3CCN(c4ccccn4)CC3)cc(=O)oc2c1. The lowest BCUT2D eigenvalue weighted by molar-refractivity contribution is 0.249. The summed E-state index contributed by atoms with van der Waals surface area (Å²) in [5.41, 5.74) is 2.65. The average Bonchev–Trinajstić information content (AvgIpc) is 2.68. The maximum atomic E-state index is 12.0. The Morgan fingerprint density at radius 2 is 1.92 bits per heavy atom. The zero-order valence-corrected chi connectivity index (χ0v) is 15.0. The number of anilines is 1. The van der Waals surface area contributed by atoms with Gasteiger partial charge in [-0.15, -0.1) is 0 Å². The van der Waals surface area contributed by atoms with Crippen LogP contribution in [0, 0.1) is 0 Å². The summed E-state index contributed by atoms with van der Waals surface area (Å²) in [6.07, 6.45) is 2.76. The van der Waals surface area contributed by atoms with Gasteiger partial charge in [-0.3, -0.25) is 4.90 Å². The Morgan fingerprint density at radius 3 is 2.65 bits per heavy atom. The molecule has 1 saturated heterocycles. The van der Waals surface area contributed by atoms with E-state index in [0.29, 0.717) is 5.58 Å². The lowest BCUT2D eigenvalue weighted by Crippen LogP contribution is -2.46. The Hall–Kier alpha value is -2.66. The highest BCUT2D eigenvalue weighted by Crippen LogP contribution is 2.21. The van der Waals surface area contributed by atoms with E-state index in [0.717, 1.165) is 55.9 Å². The van der Waals surface area contributed by atoms with Crippen LogP contribution in [0.25, 0.3) is 11.0 Å². The third kappa shape index (κ3) is 3.48. The Morgan fingerprint density at radius 1 is 1.08 bits per heavy atom. The quantitative estimate of drug-likeness (QED) is 0.678. The Labute approximate surface area is 152 Å². The molecule has 3 aromatic rings. The number of aromatic nitrogens is 1. The number of aryl methyl sites for hydroxylation is 1. The van der Waals surface area contributed by atoms with E-state index in [-0.39, 0.29) is 5.63 Å². The maximum absolute atomic E-state index is 12.0. The fraction of sp³-hybridized carbons (Fsp3) is 0.333. The predicted octanol–water partition coefficient (Wildman–Crippen LogP) is 3.07. The van der Waals surface area contributed by atoms with E-state index in [1.807, 2.05) is 24.4 Å². The first-order chi connectivity index (χ1) is 12.7. The van der Waals surface area contributed by atoms with Crippen LogP contribution >= 0.6 is 0 Å². The molecule has 0 N–H and O–H groups in total. The molecule has 1 aliphatic heterocycles. The molecule has 26 heavy (non-hydrogen) atoms. The van der Waals surface area contributed by atoms with E-state index in [1.54, 1.807) is 6.07 Å². The van der Waals surface area contributed by atoms with Gasteiger partial charge < -0.3 is 9.32 Å². The van der Waals surface area contributed by atoms with Crippen molar-refractivity contribution < 1.29 is 4.42 Å². The molecule has 3 heterocycles. The molecule has 4 rings (SSSR count). The van der Waals surface area contributed by atoms with Gasteiger partial charge in [0.05, 0.1) is 0 Å². The van der Waals surface area contributed by atoms with E-state index < -0.39 is 0 Å². The van der Waals surface area contributed by atoms with Gasteiger partial charge in [-0.25, -0.2) is 9.78 Å². The zero-order chi connectivity index (χ0) is 17.9. The van der Waals surface area contributed by atoms with E-state index in [9.17, 15) is 4.79 Å². The first kappa shape index (κ1) is 16.8. The average molecular weight is 349 g/mol. The van der Waals surface area contributed by atoms with Crippen molar-refractivity contribution in [3.8, 4) is 0 Å². The summed E-state index contributed by atoms with van der Waals surface area (Å²) in [5.74, 6) is 1.03. The summed E-state index contributed by atoms with van der Waals surface area (Å²) in [7, 11) is 0. The molecule has 0 saturated carbocycles. The highest BCUT2D eigenvalue weighted by Gasteiger charge is 2.19. The summed E-state index contributed by atoms with van der Waals surface area (Å²) in [6.45, 7) is 6.65. The van der Waals surface area contributed by atoms with Gasteiger partial charge >= 0.3 is 5.63 Å². The second-order valence-corrected chi connectivity index (χ2v) is 6.73. The van der Waals surface area contributed by atoms with Crippen LogP contribution in [0.5, 0.6) is 0 Å². The number of benzene rings is 1. The van der Waals surface area contributed by atoms with Gasteiger partial charge in [-0.1, -0.05) is 25.1 Å². The number of rotatable bonds is 4. The molecule has 0 amide bonds. The minimum absolute atomic E-state index is 0.270. The van der Waals surface area contributed by atoms with Gasteiger partial charge in [0, 0.05) is 50.4 Å². The van der Waals surface area contributed by atoms with Crippen molar-refractivity contribution in [3.05, 3.63) is 70.2 Å². The fourth-order valence-electron chi connectivity index (χ4n) is 3.54. The van der Waals surface area contributed by atoms with Crippen molar-refractivity contribution in [3.63, 3.8) is 0 Å². The number of fused-ring (bicyclic) bond motifs is 1. The maximum Gasteiger partial charge on any atom is 0.336 e. The van der Waals surface area contributed by atoms with E-state index in [4.69, 9.17) is 4.42 Å². The third-order valence-corrected chi connectivity index (χ3v) is 5.04. The summed E-state index contributed by atoms with van der Waals surface area (Å²) >= 11 is 0. The van der Waals surface area contributed by atoms with Crippen LogP contribution in [0.15, 0.2) is 57.9 Å². The normalized spacial score (nSPS) is 15.5. The van der Waals surface area contributed by atoms with Gasteiger partial charge in [0.1, 0.15) is 11.4 Å². The molecule has 5 heteroatoms. The van der Waals surface area contributed by atoms with Crippen molar-refractivity contribution in [1.29, 1.82) is 0 Å². The largest absolute Gasteiger partial charge is 0.423 e. The van der Waals surface area contributed by atoms with Crippen molar-refractivity contribution in [2.45, 2.75) is 19.9 Å². The smallest absolute Gasteiger partial charge is 0.336 e. The minimum atomic E-state index is -0.270. The third-order valence-electron chi connectivity index (χ3n) is 5.04. The summed E-state index contributed by atoms with van der Waals surface area (Å²) < 4.78 is 5.42. The van der Waals surface area contributed by atoms with Crippen LogP contribution in [0.2, 0.25) is 0 Å². The Balaban J connectivity index is 1.51. The van der Waals surface area contributed by atoms with E-state index in [2.05, 4.69) is 39.9 Å². The second kappa shape index (κ2) is 7.30. The van der Waals surface area contributed by atoms with Crippen LogP contribution in [0.3, 0.4) is 0 Å². The van der Waals surface area contributed by atoms with Gasteiger partial charge in [-0.05, 0) is 35.7 Å². The van der Waals surface area contributed by atoms with E-state index >= 15 is 0 Å². The molecule has 2 aromatic heterocycles. The zero-order valence-electron chi connectivity index (χ0n) is 15.0. The van der Waals surface area contributed by atoms with Gasteiger partial charge in [0.2, 0.25) is 0 Å². The monoisotopic (exact) mass is 349 g/mol. The van der Waals surface area contributed by atoms with Gasteiger partial charge in [0.25, 0.3) is 0 Å². The number of nitrogens with zero attached hydrogens (tertiary/aromatic N) is 3. The Bertz CT molecular complexity index is 944. The topological polar surface area (TPSA) is 49.6 Å². The van der Waals surface area contributed by atoms with E-state index in [1.165, 1.54) is 5.56 Å². The minimum Gasteiger partial charge on any atom is -0.423 e. The molecular weight excluding hydrogens is 326 g/mol. The molecule has 1 aromatic carbocycles. The van der Waals surface area contributed by atoms with Crippen LogP contribution in [0.4, 0.5) is 5.82 Å². The molecule has 0 unspecified atom stereocenters. The number of hydrogen-bond donors (Lipinski definition) is 0. The first-order valence-electron chi connectivity index (χ1n) is 9.17. The molecule has 0 spiro atoms. The summed E-state index contributed by atoms with van der Waals surface area (Å²) in [6, 6.07) is 13.8. The predicted molar refractivity (Wildman–Crippen MR) is 104 cm³/mol. The number of pyridine rings is 1. The van der Waals surface area contributed by atoms with Crippen LogP contribution in [-0.4, -0.2) is 36.1 Å². The van der Waals surface area contributed by atoms with Crippen LogP contribution in [0.1, 0.15) is 18.1 Å². The lowest BCUT2D eigenvalue weighted by atomic mass is 10.1. The molecule has 5 nitrogen and oxygen atoms in total. The molecule has 0 atom stereocenters. The molecule has 0 radical (unpaired) electrons.